The fraction of sp³-hybridized carbons (Fsp3) is 0.941. The maximum atomic E-state index is 6.26. The Kier molecular flexibility index (Phi) is 48.1. The van der Waals surface area contributed by atoms with E-state index in [0.717, 1.165) is 38.5 Å². The molecule has 0 atom stereocenters. The summed E-state index contributed by atoms with van der Waals surface area (Å²) in [6.07, 6.45) is 54.8. The Labute approximate surface area is 373 Å². The minimum atomic E-state index is -0.284. The molecule has 0 saturated carbocycles. The summed E-state index contributed by atoms with van der Waals surface area (Å²) < 4.78 is 18.4. The number of hydrogen-bond acceptors (Lipinski definition) is 6. The van der Waals surface area contributed by atoms with Crippen molar-refractivity contribution in [3.8, 4) is 0 Å². The molecule has 0 aromatic heterocycles. The maximum absolute atomic E-state index is 6.26. The summed E-state index contributed by atoms with van der Waals surface area (Å²) in [5.41, 5.74) is 0. The molecule has 6 heteroatoms. The Morgan fingerprint density at radius 3 is 0.702 bits per heavy atom. The van der Waals surface area contributed by atoms with Crippen LogP contribution in [0.1, 0.15) is 290 Å². The monoisotopic (exact) mass is 855 g/mol. The molecule has 0 aromatic rings. The second-order valence-corrected chi connectivity index (χ2v) is 18.8. The molecule has 3 nitrogen and oxygen atoms in total. The lowest BCUT2D eigenvalue weighted by Gasteiger charge is -2.21. The van der Waals surface area contributed by atoms with Crippen molar-refractivity contribution >= 4 is 51.8 Å². The zero-order valence-electron chi connectivity index (χ0n) is 38.6. The molecule has 0 bridgehead atoms. The highest BCUT2D eigenvalue weighted by molar-refractivity contribution is 7.80. The van der Waals surface area contributed by atoms with Crippen LogP contribution in [0.15, 0.2) is 0 Å². The third-order valence-electron chi connectivity index (χ3n) is 11.6. The van der Waals surface area contributed by atoms with E-state index >= 15 is 0 Å². The molecule has 0 N–H and O–H groups in total. The van der Waals surface area contributed by atoms with E-state index in [2.05, 4.69) is 20.8 Å². The first-order chi connectivity index (χ1) is 28.0. The van der Waals surface area contributed by atoms with Gasteiger partial charge >= 0.3 is 0 Å². The molecule has 57 heavy (non-hydrogen) atoms. The molecule has 0 saturated heterocycles. The van der Waals surface area contributed by atoms with Crippen molar-refractivity contribution in [2.45, 2.75) is 297 Å². The second kappa shape index (κ2) is 48.3. The van der Waals surface area contributed by atoms with Crippen molar-refractivity contribution in [2.24, 2.45) is 0 Å². The molecule has 0 amide bonds. The van der Waals surface area contributed by atoms with Gasteiger partial charge in [0.1, 0.15) is 13.2 Å². The van der Waals surface area contributed by atoms with E-state index in [1.807, 2.05) is 0 Å². The van der Waals surface area contributed by atoms with Gasteiger partial charge in [0.05, 0.1) is 0 Å². The number of thiocarbonyl (C=S) groups is 3. The molecule has 0 aliphatic heterocycles. The largest absolute Gasteiger partial charge is 0.483 e. The highest BCUT2D eigenvalue weighted by atomic mass is 32.1. The third-order valence-corrected chi connectivity index (χ3v) is 12.6. The minimum Gasteiger partial charge on any atom is -0.483 e. The van der Waals surface area contributed by atoms with Gasteiger partial charge in [-0.15, -0.1) is 0 Å². The predicted octanol–water partition coefficient (Wildman–Crippen LogP) is 18.8. The lowest BCUT2D eigenvalue weighted by molar-refractivity contribution is 0.0648. The molecular formula is C51H98O3S3. The molecular weight excluding hydrogens is 757 g/mol. The topological polar surface area (TPSA) is 27.7 Å². The number of rotatable bonds is 47. The molecule has 0 unspecified atom stereocenters. The quantitative estimate of drug-likeness (QED) is 0.0447. The van der Waals surface area contributed by atoms with Gasteiger partial charge < -0.3 is 14.2 Å². The van der Waals surface area contributed by atoms with Crippen molar-refractivity contribution in [2.75, 3.05) is 13.2 Å². The van der Waals surface area contributed by atoms with Crippen molar-refractivity contribution in [1.29, 1.82) is 0 Å². The Bertz CT molecular complexity index is 804. The summed E-state index contributed by atoms with van der Waals surface area (Å²) in [4.78, 5) is 0. The highest BCUT2D eigenvalue weighted by Crippen LogP contribution is 2.17. The number of unbranched alkanes of at least 4 members (excludes halogenated alkanes) is 36. The third kappa shape index (κ3) is 46.6. The van der Waals surface area contributed by atoms with E-state index in [9.17, 15) is 0 Å². The zero-order valence-corrected chi connectivity index (χ0v) is 41.1. The summed E-state index contributed by atoms with van der Waals surface area (Å²) in [6.45, 7) is 7.62. The molecule has 0 heterocycles. The van der Waals surface area contributed by atoms with Gasteiger partial charge in [-0.25, -0.2) is 0 Å². The first-order valence-corrected chi connectivity index (χ1v) is 26.8. The van der Waals surface area contributed by atoms with Crippen molar-refractivity contribution < 1.29 is 14.2 Å². The SMILES string of the molecule is CCCCCCCCCCCCCCCC(=S)OCC(COC(=S)CCCCCCCCCCCCCCC)OC(=S)CCCCCCCCCCCCCCC. The predicted molar refractivity (Wildman–Crippen MR) is 266 cm³/mol. The van der Waals surface area contributed by atoms with Crippen LogP contribution in [0.4, 0.5) is 0 Å². The van der Waals surface area contributed by atoms with Crippen LogP contribution in [0.25, 0.3) is 0 Å². The molecule has 0 rings (SSSR count). The van der Waals surface area contributed by atoms with Crippen molar-refractivity contribution in [3.05, 3.63) is 0 Å². The van der Waals surface area contributed by atoms with Crippen molar-refractivity contribution in [3.63, 3.8) is 0 Å². The Morgan fingerprint density at radius 2 is 0.474 bits per heavy atom. The molecule has 0 fully saturated rings. The molecule has 0 radical (unpaired) electrons. The normalized spacial score (nSPS) is 11.4. The van der Waals surface area contributed by atoms with Crippen LogP contribution in [0, 0.1) is 0 Å². The van der Waals surface area contributed by atoms with Crippen LogP contribution in [-0.2, 0) is 14.2 Å². The van der Waals surface area contributed by atoms with Gasteiger partial charge in [0, 0.05) is 19.3 Å². The molecule has 0 aromatic carbocycles. The van der Waals surface area contributed by atoms with Crippen LogP contribution >= 0.6 is 36.7 Å². The summed E-state index contributed by atoms with van der Waals surface area (Å²) in [5.74, 6) is 0. The van der Waals surface area contributed by atoms with E-state index < -0.39 is 0 Å². The van der Waals surface area contributed by atoms with E-state index in [1.165, 1.54) is 231 Å². The van der Waals surface area contributed by atoms with Gasteiger partial charge in [-0.1, -0.05) is 252 Å². The summed E-state index contributed by atoms with van der Waals surface area (Å²) in [7, 11) is 0. The van der Waals surface area contributed by atoms with Gasteiger partial charge in [-0.05, 0) is 55.9 Å². The lowest BCUT2D eigenvalue weighted by atomic mass is 10.0. The zero-order chi connectivity index (χ0) is 41.5. The molecule has 0 aliphatic rings. The van der Waals surface area contributed by atoms with Crippen LogP contribution in [-0.4, -0.2) is 34.5 Å². The second-order valence-electron chi connectivity index (χ2n) is 17.5. The maximum Gasteiger partial charge on any atom is 0.167 e. The lowest BCUT2D eigenvalue weighted by Crippen LogP contribution is -2.30. The molecule has 338 valence electrons. The average Bonchev–Trinajstić information content (AvgIpc) is 3.21. The van der Waals surface area contributed by atoms with E-state index in [0.29, 0.717) is 28.4 Å². The minimum absolute atomic E-state index is 0.284. The van der Waals surface area contributed by atoms with Gasteiger partial charge in [0.2, 0.25) is 0 Å². The van der Waals surface area contributed by atoms with Crippen molar-refractivity contribution in [1.82, 2.24) is 0 Å². The van der Waals surface area contributed by atoms with Gasteiger partial charge in [-0.2, -0.15) is 0 Å². The first kappa shape index (κ1) is 56.7. The standard InChI is InChI=1S/C51H98O3S3/c1-4-7-10-13-16-19-22-25-28-31-34-37-40-43-49(55)52-46-48(54-51(57)45-42-39-36-33-30-27-24-21-18-15-12-9-6-3)47-53-50(56)44-41-38-35-32-29-26-23-20-17-14-11-8-5-2/h48H,4-47H2,1-3H3. The summed E-state index contributed by atoms with van der Waals surface area (Å²) in [5, 5.41) is 2.03. The van der Waals surface area contributed by atoms with E-state index in [1.54, 1.807) is 0 Å². The van der Waals surface area contributed by atoms with Gasteiger partial charge in [0.15, 0.2) is 21.3 Å². The summed E-state index contributed by atoms with van der Waals surface area (Å²) in [6, 6.07) is 0. The Balaban J connectivity index is 4.31. The average molecular weight is 856 g/mol. The van der Waals surface area contributed by atoms with Gasteiger partial charge in [0.25, 0.3) is 0 Å². The summed E-state index contributed by atoms with van der Waals surface area (Å²) >= 11 is 17.0. The van der Waals surface area contributed by atoms with Gasteiger partial charge in [-0.3, -0.25) is 0 Å². The Morgan fingerprint density at radius 1 is 0.281 bits per heavy atom. The van der Waals surface area contributed by atoms with Crippen LogP contribution in [0.5, 0.6) is 0 Å². The smallest absolute Gasteiger partial charge is 0.167 e. The van der Waals surface area contributed by atoms with Crippen LogP contribution in [0.3, 0.4) is 0 Å². The van der Waals surface area contributed by atoms with E-state index in [-0.39, 0.29) is 6.10 Å². The molecule has 0 aliphatic carbocycles. The number of ether oxygens (including phenoxy) is 3. The first-order valence-electron chi connectivity index (χ1n) is 25.5. The highest BCUT2D eigenvalue weighted by Gasteiger charge is 2.16. The van der Waals surface area contributed by atoms with Crippen LogP contribution < -0.4 is 0 Å². The van der Waals surface area contributed by atoms with Crippen LogP contribution in [0.2, 0.25) is 0 Å². The number of hydrogen-bond donors (Lipinski definition) is 0. The van der Waals surface area contributed by atoms with E-state index in [4.69, 9.17) is 50.9 Å². The molecule has 0 spiro atoms. The fourth-order valence-electron chi connectivity index (χ4n) is 7.74. The Hall–Kier alpha value is -0.330. The fourth-order valence-corrected chi connectivity index (χ4v) is 8.44.